The van der Waals surface area contributed by atoms with Crippen LogP contribution >= 0.6 is 0 Å². The molecule has 1 saturated carbocycles. The van der Waals surface area contributed by atoms with Crippen LogP contribution in [0.25, 0.3) is 0 Å². The van der Waals surface area contributed by atoms with Crippen molar-refractivity contribution in [3.05, 3.63) is 18.3 Å². The lowest BCUT2D eigenvalue weighted by Gasteiger charge is -2.29. The maximum Gasteiger partial charge on any atom is 0.244 e. The van der Waals surface area contributed by atoms with Gasteiger partial charge < -0.3 is 4.74 Å². The van der Waals surface area contributed by atoms with Gasteiger partial charge in [-0.05, 0) is 31.7 Å². The summed E-state index contributed by atoms with van der Waals surface area (Å²) in [4.78, 5) is 4.22. The van der Waals surface area contributed by atoms with E-state index in [1.807, 2.05) is 6.92 Å². The molecule has 0 bridgehead atoms. The summed E-state index contributed by atoms with van der Waals surface area (Å²) < 4.78 is 31.3. The first-order valence-corrected chi connectivity index (χ1v) is 8.03. The topological polar surface area (TPSA) is 59.5 Å². The average Bonchev–Trinajstić information content (AvgIpc) is 2.34. The summed E-state index contributed by atoms with van der Waals surface area (Å²) in [5, 5.41) is 0. The molecule has 19 heavy (non-hydrogen) atoms. The Bertz CT molecular complexity index is 509. The van der Waals surface area contributed by atoms with Gasteiger partial charge in [-0.25, -0.2) is 17.7 Å². The highest BCUT2D eigenvalue weighted by molar-refractivity contribution is 7.89. The number of sulfonamides is 1. The second-order valence-corrected chi connectivity index (χ2v) is 6.89. The van der Waals surface area contributed by atoms with Crippen LogP contribution in [0.4, 0.5) is 0 Å². The van der Waals surface area contributed by atoms with E-state index < -0.39 is 10.0 Å². The van der Waals surface area contributed by atoms with E-state index in [1.165, 1.54) is 16.9 Å². The minimum atomic E-state index is -3.43. The highest BCUT2D eigenvalue weighted by atomic mass is 32.2. The molecule has 1 fully saturated rings. The van der Waals surface area contributed by atoms with E-state index in [-0.39, 0.29) is 4.90 Å². The van der Waals surface area contributed by atoms with Gasteiger partial charge in [0, 0.05) is 19.7 Å². The SMILES string of the molecule is CCOc1ccc(S(=O)(=O)N(C)CC2CCC2)cn1. The molecule has 0 atom stereocenters. The summed E-state index contributed by atoms with van der Waals surface area (Å²) in [6.07, 6.45) is 4.82. The van der Waals surface area contributed by atoms with Gasteiger partial charge in [-0.1, -0.05) is 6.42 Å². The van der Waals surface area contributed by atoms with Crippen LogP contribution in [0.2, 0.25) is 0 Å². The van der Waals surface area contributed by atoms with Crippen LogP contribution in [0.15, 0.2) is 23.2 Å². The van der Waals surface area contributed by atoms with Crippen LogP contribution in [0.3, 0.4) is 0 Å². The van der Waals surface area contributed by atoms with Crippen molar-refractivity contribution in [2.45, 2.75) is 31.1 Å². The molecule has 0 spiro atoms. The Labute approximate surface area is 114 Å². The molecule has 0 N–H and O–H groups in total. The molecular weight excluding hydrogens is 264 g/mol. The lowest BCUT2D eigenvalue weighted by atomic mass is 9.86. The molecule has 6 heteroatoms. The average molecular weight is 284 g/mol. The van der Waals surface area contributed by atoms with Gasteiger partial charge in [-0.3, -0.25) is 0 Å². The molecule has 106 valence electrons. The first kappa shape index (κ1) is 14.3. The second-order valence-electron chi connectivity index (χ2n) is 4.85. The molecular formula is C13H20N2O3S. The van der Waals surface area contributed by atoms with Crippen molar-refractivity contribution in [2.75, 3.05) is 20.2 Å². The smallest absolute Gasteiger partial charge is 0.244 e. The number of hydrogen-bond acceptors (Lipinski definition) is 4. The Kier molecular flexibility index (Phi) is 4.42. The van der Waals surface area contributed by atoms with Gasteiger partial charge in [0.25, 0.3) is 0 Å². The van der Waals surface area contributed by atoms with E-state index in [4.69, 9.17) is 4.74 Å². The van der Waals surface area contributed by atoms with Crippen molar-refractivity contribution in [3.63, 3.8) is 0 Å². The standard InChI is InChI=1S/C13H20N2O3S/c1-3-18-13-8-7-12(9-14-13)19(16,17)15(2)10-11-5-4-6-11/h7-9,11H,3-6,10H2,1-2H3. The molecule has 0 radical (unpaired) electrons. The van der Waals surface area contributed by atoms with E-state index >= 15 is 0 Å². The van der Waals surface area contributed by atoms with E-state index in [9.17, 15) is 8.42 Å². The molecule has 1 aromatic rings. The minimum Gasteiger partial charge on any atom is -0.478 e. The fourth-order valence-corrected chi connectivity index (χ4v) is 3.26. The maximum atomic E-state index is 12.3. The second kappa shape index (κ2) is 5.88. The van der Waals surface area contributed by atoms with Gasteiger partial charge >= 0.3 is 0 Å². The van der Waals surface area contributed by atoms with Gasteiger partial charge in [-0.2, -0.15) is 0 Å². The van der Waals surface area contributed by atoms with Gasteiger partial charge in [0.1, 0.15) is 4.90 Å². The third-order valence-corrected chi connectivity index (χ3v) is 5.26. The van der Waals surface area contributed by atoms with Gasteiger partial charge in [0.05, 0.1) is 12.8 Å². The zero-order valence-electron chi connectivity index (χ0n) is 11.4. The van der Waals surface area contributed by atoms with E-state index in [0.29, 0.717) is 24.9 Å². The number of rotatable bonds is 6. The van der Waals surface area contributed by atoms with Crippen molar-refractivity contribution >= 4 is 10.0 Å². The third-order valence-electron chi connectivity index (χ3n) is 3.45. The van der Waals surface area contributed by atoms with Crippen molar-refractivity contribution in [2.24, 2.45) is 5.92 Å². The molecule has 1 aliphatic rings. The number of ether oxygens (including phenoxy) is 1. The molecule has 0 aliphatic heterocycles. The Balaban J connectivity index is 2.08. The highest BCUT2D eigenvalue weighted by Crippen LogP contribution is 2.28. The Morgan fingerprint density at radius 2 is 2.16 bits per heavy atom. The number of pyridine rings is 1. The van der Waals surface area contributed by atoms with E-state index in [2.05, 4.69) is 4.98 Å². The van der Waals surface area contributed by atoms with Crippen LogP contribution in [-0.4, -0.2) is 37.9 Å². The van der Waals surface area contributed by atoms with Crippen LogP contribution in [-0.2, 0) is 10.0 Å². The zero-order valence-corrected chi connectivity index (χ0v) is 12.2. The number of hydrogen-bond donors (Lipinski definition) is 0. The molecule has 0 unspecified atom stereocenters. The van der Waals surface area contributed by atoms with Gasteiger partial charge in [0.2, 0.25) is 15.9 Å². The quantitative estimate of drug-likeness (QED) is 0.800. The molecule has 2 rings (SSSR count). The Morgan fingerprint density at radius 3 is 2.63 bits per heavy atom. The fraction of sp³-hybridized carbons (Fsp3) is 0.615. The first-order valence-electron chi connectivity index (χ1n) is 6.59. The maximum absolute atomic E-state index is 12.3. The van der Waals surface area contributed by atoms with Crippen LogP contribution in [0, 0.1) is 5.92 Å². The van der Waals surface area contributed by atoms with Crippen molar-refractivity contribution in [1.82, 2.24) is 9.29 Å². The summed E-state index contributed by atoms with van der Waals surface area (Å²) in [6.45, 7) is 2.97. The predicted molar refractivity (Wildman–Crippen MR) is 72.6 cm³/mol. The van der Waals surface area contributed by atoms with Crippen molar-refractivity contribution < 1.29 is 13.2 Å². The van der Waals surface area contributed by atoms with Crippen molar-refractivity contribution in [3.8, 4) is 5.88 Å². The number of nitrogens with zero attached hydrogens (tertiary/aromatic N) is 2. The van der Waals surface area contributed by atoms with Crippen LogP contribution in [0.1, 0.15) is 26.2 Å². The van der Waals surface area contributed by atoms with E-state index in [1.54, 1.807) is 19.2 Å². The predicted octanol–water partition coefficient (Wildman–Crippen LogP) is 1.90. The highest BCUT2D eigenvalue weighted by Gasteiger charge is 2.26. The summed E-state index contributed by atoms with van der Waals surface area (Å²) in [7, 11) is -1.80. The summed E-state index contributed by atoms with van der Waals surface area (Å²) in [5.74, 6) is 0.957. The summed E-state index contributed by atoms with van der Waals surface area (Å²) in [6, 6.07) is 3.14. The van der Waals surface area contributed by atoms with Gasteiger partial charge in [-0.15, -0.1) is 0 Å². The van der Waals surface area contributed by atoms with Crippen LogP contribution in [0.5, 0.6) is 5.88 Å². The Morgan fingerprint density at radius 1 is 1.42 bits per heavy atom. The number of aromatic nitrogens is 1. The monoisotopic (exact) mass is 284 g/mol. The largest absolute Gasteiger partial charge is 0.478 e. The molecule has 5 nitrogen and oxygen atoms in total. The molecule has 1 aliphatic carbocycles. The molecule has 0 amide bonds. The van der Waals surface area contributed by atoms with Gasteiger partial charge in [0.15, 0.2) is 0 Å². The van der Waals surface area contributed by atoms with Crippen LogP contribution < -0.4 is 4.74 Å². The van der Waals surface area contributed by atoms with E-state index in [0.717, 1.165) is 12.8 Å². The fourth-order valence-electron chi connectivity index (χ4n) is 2.07. The zero-order chi connectivity index (χ0) is 13.9. The minimum absolute atomic E-state index is 0.220. The first-order chi connectivity index (χ1) is 9.04. The molecule has 0 saturated heterocycles. The summed E-state index contributed by atoms with van der Waals surface area (Å²) >= 11 is 0. The third kappa shape index (κ3) is 3.25. The summed E-state index contributed by atoms with van der Waals surface area (Å²) in [5.41, 5.74) is 0. The molecule has 1 aromatic heterocycles. The van der Waals surface area contributed by atoms with Crippen molar-refractivity contribution in [1.29, 1.82) is 0 Å². The Hall–Kier alpha value is -1.14. The lowest BCUT2D eigenvalue weighted by molar-refractivity contribution is 0.263. The molecule has 1 heterocycles. The normalized spacial score (nSPS) is 16.4. The molecule has 0 aromatic carbocycles. The lowest BCUT2D eigenvalue weighted by Crippen LogP contribution is -2.34.